The van der Waals surface area contributed by atoms with Crippen LogP contribution in [0.25, 0.3) is 0 Å². The van der Waals surface area contributed by atoms with Crippen LogP contribution in [0.15, 0.2) is 16.2 Å². The zero-order chi connectivity index (χ0) is 20.7. The van der Waals surface area contributed by atoms with Crippen molar-refractivity contribution >= 4 is 17.2 Å². The quantitative estimate of drug-likeness (QED) is 0.809. The Bertz CT molecular complexity index is 995. The highest BCUT2D eigenvalue weighted by atomic mass is 32.1. The van der Waals surface area contributed by atoms with E-state index in [9.17, 15) is 9.59 Å². The zero-order valence-corrected chi connectivity index (χ0v) is 18.2. The molecule has 2 fully saturated rings. The van der Waals surface area contributed by atoms with Gasteiger partial charge in [-0.2, -0.15) is 0 Å². The molecule has 2 aromatic rings. The van der Waals surface area contributed by atoms with Gasteiger partial charge in [-0.25, -0.2) is 4.98 Å². The second-order valence-electron chi connectivity index (χ2n) is 8.61. The fourth-order valence-electron chi connectivity index (χ4n) is 4.84. The number of aromatic nitrogens is 2. The first-order chi connectivity index (χ1) is 14.6. The van der Waals surface area contributed by atoms with Crippen LogP contribution in [0.3, 0.4) is 0 Å². The summed E-state index contributed by atoms with van der Waals surface area (Å²) in [5.41, 5.74) is 2.94. The number of thiophene rings is 1. The molecule has 1 amide bonds. The van der Waals surface area contributed by atoms with E-state index in [-0.39, 0.29) is 23.4 Å². The third kappa shape index (κ3) is 3.72. The number of fused-ring (bicyclic) bond motifs is 1. The zero-order valence-electron chi connectivity index (χ0n) is 17.4. The number of rotatable bonds is 4. The van der Waals surface area contributed by atoms with Gasteiger partial charge < -0.3 is 14.6 Å². The smallest absolute Gasteiger partial charge is 0.255 e. The maximum Gasteiger partial charge on any atom is 0.255 e. The van der Waals surface area contributed by atoms with Gasteiger partial charge in [0, 0.05) is 44.1 Å². The topological polar surface area (TPSA) is 78.5 Å². The second-order valence-corrected chi connectivity index (χ2v) is 9.61. The van der Waals surface area contributed by atoms with Crippen molar-refractivity contribution in [2.75, 3.05) is 26.3 Å². The van der Waals surface area contributed by atoms with Crippen LogP contribution < -0.4 is 5.56 Å². The summed E-state index contributed by atoms with van der Waals surface area (Å²) in [5, 5.41) is 2.12. The number of ether oxygens (including phenoxy) is 1. The van der Waals surface area contributed by atoms with Crippen molar-refractivity contribution in [1.29, 1.82) is 0 Å². The Morgan fingerprint density at radius 1 is 1.37 bits per heavy atom. The molecule has 5 heterocycles. The minimum atomic E-state index is -0.122. The molecular weight excluding hydrogens is 400 g/mol. The largest absolute Gasteiger partial charge is 0.381 e. The van der Waals surface area contributed by atoms with Crippen molar-refractivity contribution in [1.82, 2.24) is 19.8 Å². The molecule has 2 saturated heterocycles. The van der Waals surface area contributed by atoms with Crippen molar-refractivity contribution in [3.8, 4) is 0 Å². The molecule has 3 aliphatic heterocycles. The molecule has 0 aliphatic carbocycles. The standard InChI is InChI=1S/C22H28N4O3S/c1-14-6-10-30-19(14)12-25-8-4-17-16(11-25)21(27)24-20(23-17)18-3-2-7-26(18)22(28)15-5-9-29-13-15/h6,10,15,18H,2-5,7-9,11-13H2,1H3,(H,23,24,27)/t15-,18+/m0/s1. The molecule has 0 bridgehead atoms. The molecule has 0 aromatic carbocycles. The lowest BCUT2D eigenvalue weighted by molar-refractivity contribution is -0.136. The fraction of sp³-hybridized carbons (Fsp3) is 0.591. The molecule has 2 aromatic heterocycles. The Morgan fingerprint density at radius 3 is 3.03 bits per heavy atom. The SMILES string of the molecule is Cc1ccsc1CN1CCc2nc([C@H]3CCCN3C(=O)[C@H]3CCOC3)[nH]c(=O)c2C1. The summed E-state index contributed by atoms with van der Waals surface area (Å²) in [6, 6.07) is 2.02. The number of carbonyl (C=O) groups excluding carboxylic acids is 1. The minimum Gasteiger partial charge on any atom is -0.381 e. The molecule has 3 aliphatic rings. The maximum atomic E-state index is 12.9. The number of hydrogen-bond acceptors (Lipinski definition) is 6. The Morgan fingerprint density at radius 2 is 2.27 bits per heavy atom. The van der Waals surface area contributed by atoms with Gasteiger partial charge in [0.05, 0.1) is 29.8 Å². The van der Waals surface area contributed by atoms with Gasteiger partial charge in [0.25, 0.3) is 5.56 Å². The number of hydrogen-bond donors (Lipinski definition) is 1. The second kappa shape index (κ2) is 8.24. The van der Waals surface area contributed by atoms with Gasteiger partial charge in [0.15, 0.2) is 0 Å². The molecular formula is C22H28N4O3S. The molecule has 7 nitrogen and oxygen atoms in total. The van der Waals surface area contributed by atoms with Crippen LogP contribution in [0, 0.1) is 12.8 Å². The van der Waals surface area contributed by atoms with E-state index >= 15 is 0 Å². The predicted octanol–water partition coefficient (Wildman–Crippen LogP) is 2.40. The normalized spacial score (nSPS) is 24.4. The molecule has 0 unspecified atom stereocenters. The lowest BCUT2D eigenvalue weighted by atomic mass is 10.0. The fourth-order valence-corrected chi connectivity index (χ4v) is 5.79. The van der Waals surface area contributed by atoms with Gasteiger partial charge in [-0.3, -0.25) is 14.5 Å². The van der Waals surface area contributed by atoms with Gasteiger partial charge in [-0.15, -0.1) is 11.3 Å². The Kier molecular flexibility index (Phi) is 5.47. The number of aromatic amines is 1. The van der Waals surface area contributed by atoms with Gasteiger partial charge in [0.2, 0.25) is 5.91 Å². The Hall–Kier alpha value is -2.03. The van der Waals surface area contributed by atoms with Crippen molar-refractivity contribution in [2.24, 2.45) is 5.92 Å². The van der Waals surface area contributed by atoms with E-state index in [1.54, 1.807) is 11.3 Å². The molecule has 30 heavy (non-hydrogen) atoms. The Labute approximate surface area is 180 Å². The maximum absolute atomic E-state index is 12.9. The third-order valence-electron chi connectivity index (χ3n) is 6.63. The van der Waals surface area contributed by atoms with Crippen molar-refractivity contribution in [3.05, 3.63) is 49.3 Å². The molecule has 160 valence electrons. The first-order valence-corrected chi connectivity index (χ1v) is 11.7. The molecule has 8 heteroatoms. The first kappa shape index (κ1) is 19.9. The number of nitrogens with zero attached hydrogens (tertiary/aromatic N) is 3. The summed E-state index contributed by atoms with van der Waals surface area (Å²) in [5.74, 6) is 0.753. The lowest BCUT2D eigenvalue weighted by Crippen LogP contribution is -2.39. The third-order valence-corrected chi connectivity index (χ3v) is 7.64. The highest BCUT2D eigenvalue weighted by molar-refractivity contribution is 7.10. The van der Waals surface area contributed by atoms with Crippen LogP contribution in [0.5, 0.6) is 0 Å². The molecule has 0 spiro atoms. The van der Waals surface area contributed by atoms with E-state index in [4.69, 9.17) is 9.72 Å². The minimum absolute atomic E-state index is 0.0499. The van der Waals surface area contributed by atoms with Crippen LogP contribution in [-0.2, 0) is 29.0 Å². The highest BCUT2D eigenvalue weighted by Gasteiger charge is 2.37. The monoisotopic (exact) mass is 428 g/mol. The van der Waals surface area contributed by atoms with E-state index in [0.717, 1.165) is 56.6 Å². The average molecular weight is 429 g/mol. The number of carbonyl (C=O) groups is 1. The van der Waals surface area contributed by atoms with E-state index in [1.807, 2.05) is 4.90 Å². The molecule has 0 radical (unpaired) electrons. The van der Waals surface area contributed by atoms with Crippen molar-refractivity contribution in [3.63, 3.8) is 0 Å². The van der Waals surface area contributed by atoms with Crippen LogP contribution in [0.4, 0.5) is 0 Å². The van der Waals surface area contributed by atoms with Gasteiger partial charge in [-0.05, 0) is 43.2 Å². The van der Waals surface area contributed by atoms with Crippen LogP contribution in [0.2, 0.25) is 0 Å². The summed E-state index contributed by atoms with van der Waals surface area (Å²) in [6.07, 6.45) is 3.35. The highest BCUT2D eigenvalue weighted by Crippen LogP contribution is 2.33. The van der Waals surface area contributed by atoms with Crippen molar-refractivity contribution in [2.45, 2.75) is 51.7 Å². The van der Waals surface area contributed by atoms with Crippen LogP contribution in [0.1, 0.15) is 52.8 Å². The molecule has 1 N–H and O–H groups in total. The number of amides is 1. The number of nitrogens with one attached hydrogen (secondary N) is 1. The molecule has 5 rings (SSSR count). The molecule has 2 atom stereocenters. The lowest BCUT2D eigenvalue weighted by Gasteiger charge is -2.29. The molecule has 0 saturated carbocycles. The van der Waals surface area contributed by atoms with Gasteiger partial charge >= 0.3 is 0 Å². The van der Waals surface area contributed by atoms with E-state index < -0.39 is 0 Å². The van der Waals surface area contributed by atoms with Crippen molar-refractivity contribution < 1.29 is 9.53 Å². The Balaban J connectivity index is 1.35. The number of H-pyrrole nitrogens is 1. The summed E-state index contributed by atoms with van der Waals surface area (Å²) in [7, 11) is 0. The first-order valence-electron chi connectivity index (χ1n) is 10.9. The van der Waals surface area contributed by atoms with E-state index in [1.165, 1.54) is 10.4 Å². The van der Waals surface area contributed by atoms with Crippen LogP contribution in [-0.4, -0.2) is 52.0 Å². The summed E-state index contributed by atoms with van der Waals surface area (Å²) < 4.78 is 5.40. The summed E-state index contributed by atoms with van der Waals surface area (Å²) >= 11 is 1.77. The van der Waals surface area contributed by atoms with E-state index in [0.29, 0.717) is 25.6 Å². The summed E-state index contributed by atoms with van der Waals surface area (Å²) in [4.78, 5) is 39.4. The average Bonchev–Trinajstić information content (AvgIpc) is 3.50. The summed E-state index contributed by atoms with van der Waals surface area (Å²) in [6.45, 7) is 6.43. The van der Waals surface area contributed by atoms with E-state index in [2.05, 4.69) is 28.3 Å². The number of likely N-dealkylation sites (tertiary alicyclic amines) is 1. The van der Waals surface area contributed by atoms with Gasteiger partial charge in [0.1, 0.15) is 5.82 Å². The predicted molar refractivity (Wildman–Crippen MR) is 114 cm³/mol. The number of aryl methyl sites for hydroxylation is 1. The van der Waals surface area contributed by atoms with Gasteiger partial charge in [-0.1, -0.05) is 0 Å². The van der Waals surface area contributed by atoms with Crippen LogP contribution >= 0.6 is 11.3 Å².